The molecule has 0 aliphatic carbocycles. The molecule has 0 spiro atoms. The zero-order chi connectivity index (χ0) is 24.6. The van der Waals surface area contributed by atoms with E-state index in [-0.39, 0.29) is 11.6 Å². The second kappa shape index (κ2) is 9.00. The van der Waals surface area contributed by atoms with Crippen LogP contribution in [0.15, 0.2) is 55.5 Å². The van der Waals surface area contributed by atoms with Crippen molar-refractivity contribution < 1.29 is 9.18 Å². The Balaban J connectivity index is 1.38. The van der Waals surface area contributed by atoms with Crippen molar-refractivity contribution in [2.75, 3.05) is 36.4 Å². The number of hydrogen-bond acceptors (Lipinski definition) is 7. The van der Waals surface area contributed by atoms with E-state index in [2.05, 4.69) is 30.5 Å². The summed E-state index contributed by atoms with van der Waals surface area (Å²) in [4.78, 5) is 28.0. The summed E-state index contributed by atoms with van der Waals surface area (Å²) < 4.78 is 17.9. The number of nitrogens with one attached hydrogen (secondary N) is 2. The molecule has 0 radical (unpaired) electrons. The first-order valence-corrected chi connectivity index (χ1v) is 11.7. The number of piperazine rings is 1. The lowest BCUT2D eigenvalue weighted by Gasteiger charge is -2.30. The molecule has 1 aliphatic rings. The van der Waals surface area contributed by atoms with Crippen molar-refractivity contribution in [3.63, 3.8) is 0 Å². The highest BCUT2D eigenvalue weighted by molar-refractivity contribution is 6.13. The van der Waals surface area contributed by atoms with Gasteiger partial charge in [-0.15, -0.1) is 0 Å². The van der Waals surface area contributed by atoms with E-state index >= 15 is 0 Å². The number of carbonyl (C=O) groups is 1. The number of fused-ring (bicyclic) bond motifs is 2. The Hall–Kier alpha value is -4.38. The Kier molecular flexibility index (Phi) is 5.53. The zero-order valence-corrected chi connectivity index (χ0v) is 19.6. The van der Waals surface area contributed by atoms with E-state index in [1.807, 2.05) is 12.3 Å². The molecule has 182 valence electrons. The van der Waals surface area contributed by atoms with Crippen LogP contribution in [0, 0.1) is 12.7 Å². The third-order valence-electron chi connectivity index (χ3n) is 6.25. The minimum atomic E-state index is -0.505. The number of halogens is 1. The fraction of sp³-hybridized carbons (Fsp3) is 0.240. The molecule has 1 aromatic carbocycles. The van der Waals surface area contributed by atoms with Gasteiger partial charge in [0.15, 0.2) is 11.5 Å². The molecule has 0 bridgehead atoms. The van der Waals surface area contributed by atoms with Crippen molar-refractivity contribution in [2.45, 2.75) is 13.5 Å². The van der Waals surface area contributed by atoms with Crippen molar-refractivity contribution in [1.82, 2.24) is 34.4 Å². The van der Waals surface area contributed by atoms with Crippen LogP contribution >= 0.6 is 0 Å². The second-order valence-corrected chi connectivity index (χ2v) is 8.85. The Morgan fingerprint density at radius 1 is 1.14 bits per heavy atom. The number of rotatable bonds is 5. The van der Waals surface area contributed by atoms with Gasteiger partial charge in [-0.2, -0.15) is 5.10 Å². The lowest BCUT2D eigenvalue weighted by Crippen LogP contribution is -2.43. The second-order valence-electron chi connectivity index (χ2n) is 8.85. The van der Waals surface area contributed by atoms with Crippen molar-refractivity contribution in [3.8, 4) is 0 Å². The van der Waals surface area contributed by atoms with Crippen molar-refractivity contribution in [2.24, 2.45) is 0 Å². The summed E-state index contributed by atoms with van der Waals surface area (Å²) in [6, 6.07) is 5.03. The van der Waals surface area contributed by atoms with Crippen molar-refractivity contribution in [1.29, 1.82) is 0 Å². The molecule has 2 N–H and O–H groups in total. The molecule has 4 aromatic heterocycles. The summed E-state index contributed by atoms with van der Waals surface area (Å²) in [5.41, 5.74) is 4.17. The number of aryl methyl sites for hydroxylation is 1. The standard InChI is InChI=1S/C25H24FN9O/c1-16-11-34-13-18(8-21(26)24(34)30-16)31-25(36)19-2-3-22(33-6-4-27-5-7-33)20-14-35(32-23(19)20)12-17-9-28-15-29-10-17/h2-3,8-11,13-15,27H,4-7,12H2,1H3,(H,31,36). The minimum absolute atomic E-state index is 0.219. The SMILES string of the molecule is Cc1cn2cc(NC(=O)c3ccc(N4CCNCC4)c4cn(Cc5cncnc5)nc34)cc(F)c2n1. The van der Waals surface area contributed by atoms with Gasteiger partial charge in [-0.3, -0.25) is 9.48 Å². The Morgan fingerprint density at radius 3 is 2.75 bits per heavy atom. The largest absolute Gasteiger partial charge is 0.368 e. The molecule has 1 amide bonds. The van der Waals surface area contributed by atoms with Gasteiger partial charge in [0.25, 0.3) is 5.91 Å². The smallest absolute Gasteiger partial charge is 0.257 e. The molecule has 0 atom stereocenters. The van der Waals surface area contributed by atoms with Crippen molar-refractivity contribution in [3.05, 3.63) is 78.1 Å². The van der Waals surface area contributed by atoms with E-state index in [0.717, 1.165) is 42.8 Å². The van der Waals surface area contributed by atoms with Gasteiger partial charge < -0.3 is 19.9 Å². The van der Waals surface area contributed by atoms with E-state index < -0.39 is 5.82 Å². The van der Waals surface area contributed by atoms with Gasteiger partial charge in [0.2, 0.25) is 0 Å². The first kappa shape index (κ1) is 22.1. The monoisotopic (exact) mass is 485 g/mol. The van der Waals surface area contributed by atoms with Crippen LogP contribution in [0.3, 0.4) is 0 Å². The lowest BCUT2D eigenvalue weighted by molar-refractivity contribution is 0.102. The van der Waals surface area contributed by atoms with E-state index in [0.29, 0.717) is 29.0 Å². The molecule has 1 aliphatic heterocycles. The van der Waals surface area contributed by atoms with Gasteiger partial charge in [-0.05, 0) is 19.1 Å². The predicted molar refractivity (Wildman–Crippen MR) is 134 cm³/mol. The van der Waals surface area contributed by atoms with Gasteiger partial charge in [0.05, 0.1) is 23.5 Å². The number of anilines is 2. The summed E-state index contributed by atoms with van der Waals surface area (Å²) in [5.74, 6) is -0.870. The van der Waals surface area contributed by atoms with Crippen LogP contribution in [-0.4, -0.2) is 61.2 Å². The summed E-state index contributed by atoms with van der Waals surface area (Å²) in [6.07, 6.45) is 10.3. The van der Waals surface area contributed by atoms with E-state index in [1.54, 1.807) is 46.9 Å². The minimum Gasteiger partial charge on any atom is -0.368 e. The number of aromatic nitrogens is 6. The van der Waals surface area contributed by atoms with Crippen LogP contribution in [0.5, 0.6) is 0 Å². The average molecular weight is 486 g/mol. The van der Waals surface area contributed by atoms with E-state index in [4.69, 9.17) is 5.10 Å². The molecule has 1 fully saturated rings. The van der Waals surface area contributed by atoms with E-state index in [1.165, 1.54) is 12.4 Å². The van der Waals surface area contributed by atoms with E-state index in [9.17, 15) is 9.18 Å². The maximum absolute atomic E-state index is 14.6. The maximum atomic E-state index is 14.6. The molecule has 5 aromatic rings. The fourth-order valence-corrected chi connectivity index (χ4v) is 4.63. The summed E-state index contributed by atoms with van der Waals surface area (Å²) in [6.45, 7) is 5.77. The molecule has 0 saturated carbocycles. The molecular weight excluding hydrogens is 461 g/mol. The molecule has 10 nitrogen and oxygen atoms in total. The number of nitrogens with zero attached hydrogens (tertiary/aromatic N) is 7. The van der Waals surface area contributed by atoms with Crippen LogP contribution in [0.2, 0.25) is 0 Å². The maximum Gasteiger partial charge on any atom is 0.257 e. The number of carbonyl (C=O) groups excluding carboxylic acids is 1. The number of hydrogen-bond donors (Lipinski definition) is 2. The first-order valence-electron chi connectivity index (χ1n) is 11.7. The molecule has 36 heavy (non-hydrogen) atoms. The topological polar surface area (TPSA) is 105 Å². The highest BCUT2D eigenvalue weighted by Crippen LogP contribution is 2.30. The van der Waals surface area contributed by atoms with Crippen LogP contribution in [0.25, 0.3) is 16.6 Å². The van der Waals surface area contributed by atoms with Crippen LogP contribution in [0.1, 0.15) is 21.6 Å². The molecule has 1 saturated heterocycles. The fourth-order valence-electron chi connectivity index (χ4n) is 4.63. The quantitative estimate of drug-likeness (QED) is 0.394. The molecule has 11 heteroatoms. The van der Waals surface area contributed by atoms with Crippen molar-refractivity contribution >= 4 is 33.8 Å². The molecule has 5 heterocycles. The van der Waals surface area contributed by atoms with Gasteiger partial charge in [-0.1, -0.05) is 0 Å². The Bertz CT molecular complexity index is 1570. The first-order chi connectivity index (χ1) is 17.5. The van der Waals surface area contributed by atoms with Crippen LogP contribution in [-0.2, 0) is 6.54 Å². The van der Waals surface area contributed by atoms with Gasteiger partial charge in [0.1, 0.15) is 11.8 Å². The predicted octanol–water partition coefficient (Wildman–Crippen LogP) is 2.63. The summed E-state index contributed by atoms with van der Waals surface area (Å²) in [7, 11) is 0. The molecular formula is C25H24FN9O. The number of imidazole rings is 1. The molecule has 0 unspecified atom stereocenters. The number of pyridine rings is 1. The van der Waals surface area contributed by atoms with Gasteiger partial charge >= 0.3 is 0 Å². The number of amides is 1. The lowest BCUT2D eigenvalue weighted by atomic mass is 10.1. The average Bonchev–Trinajstić information content (AvgIpc) is 3.47. The summed E-state index contributed by atoms with van der Waals surface area (Å²) >= 11 is 0. The molecule has 6 rings (SSSR count). The Morgan fingerprint density at radius 2 is 1.94 bits per heavy atom. The number of benzene rings is 1. The highest BCUT2D eigenvalue weighted by atomic mass is 19.1. The third-order valence-corrected chi connectivity index (χ3v) is 6.25. The Labute approximate surface area is 205 Å². The summed E-state index contributed by atoms with van der Waals surface area (Å²) in [5, 5.41) is 11.8. The normalized spacial score (nSPS) is 14.0. The van der Waals surface area contributed by atoms with Crippen LogP contribution in [0.4, 0.5) is 15.8 Å². The highest BCUT2D eigenvalue weighted by Gasteiger charge is 2.21. The third kappa shape index (κ3) is 4.13. The van der Waals surface area contributed by atoms with Gasteiger partial charge in [-0.25, -0.2) is 19.3 Å². The van der Waals surface area contributed by atoms with Crippen LogP contribution < -0.4 is 15.5 Å². The zero-order valence-electron chi connectivity index (χ0n) is 19.6. The van der Waals surface area contributed by atoms with Gasteiger partial charge in [0, 0.05) is 79.9 Å².